The molecule has 0 aliphatic carbocycles. The van der Waals surface area contributed by atoms with Crippen LogP contribution in [0.15, 0.2) is 5.38 Å². The molecule has 0 saturated carbocycles. The zero-order chi connectivity index (χ0) is 11.6. The summed E-state index contributed by atoms with van der Waals surface area (Å²) in [6, 6.07) is 0. The van der Waals surface area contributed by atoms with Crippen molar-refractivity contribution in [1.82, 2.24) is 0 Å². The van der Waals surface area contributed by atoms with Crippen molar-refractivity contribution in [2.45, 2.75) is 25.7 Å². The molecule has 15 heavy (non-hydrogen) atoms. The second-order valence-electron chi connectivity index (χ2n) is 3.14. The van der Waals surface area contributed by atoms with Crippen molar-refractivity contribution in [1.29, 1.82) is 0 Å². The van der Waals surface area contributed by atoms with E-state index in [1.54, 1.807) is 12.3 Å². The van der Waals surface area contributed by atoms with Gasteiger partial charge in [-0.05, 0) is 17.9 Å². The highest BCUT2D eigenvalue weighted by molar-refractivity contribution is 7.10. The molecule has 2 nitrogen and oxygen atoms in total. The van der Waals surface area contributed by atoms with Crippen molar-refractivity contribution in [3.8, 4) is 0 Å². The molecule has 0 saturated heterocycles. The van der Waals surface area contributed by atoms with E-state index in [1.165, 1.54) is 0 Å². The number of carboxylic acids is 1. The number of rotatable bonds is 4. The Kier molecular flexibility index (Phi) is 4.04. The fourth-order valence-corrected chi connectivity index (χ4v) is 2.62. The Morgan fingerprint density at radius 2 is 2.27 bits per heavy atom. The molecule has 0 amide bonds. The monoisotopic (exact) mass is 254 g/mol. The standard InChI is InChI=1S/C9H9ClF2O2S/c1-4-3-15-8(7(4)10)5(9(11)12)2-6(13)14/h3,5,9H,2H2,1H3,(H,13,14). The van der Waals surface area contributed by atoms with Gasteiger partial charge in [0, 0.05) is 4.88 Å². The minimum absolute atomic E-state index is 0.256. The van der Waals surface area contributed by atoms with Crippen LogP contribution in [0.5, 0.6) is 0 Å². The van der Waals surface area contributed by atoms with Crippen molar-refractivity contribution >= 4 is 28.9 Å². The molecule has 1 rings (SSSR count). The molecule has 0 fully saturated rings. The second-order valence-corrected chi connectivity index (χ2v) is 4.42. The average Bonchev–Trinajstić information content (AvgIpc) is 2.44. The predicted molar refractivity (Wildman–Crippen MR) is 55.1 cm³/mol. The third-order valence-electron chi connectivity index (χ3n) is 1.96. The quantitative estimate of drug-likeness (QED) is 0.892. The number of aryl methyl sites for hydroxylation is 1. The maximum absolute atomic E-state index is 12.6. The Labute approximate surface area is 94.5 Å². The summed E-state index contributed by atoms with van der Waals surface area (Å²) in [4.78, 5) is 10.7. The van der Waals surface area contributed by atoms with E-state index in [0.717, 1.165) is 11.3 Å². The lowest BCUT2D eigenvalue weighted by molar-refractivity contribution is -0.138. The van der Waals surface area contributed by atoms with E-state index in [2.05, 4.69) is 0 Å². The minimum Gasteiger partial charge on any atom is -0.481 e. The molecule has 0 radical (unpaired) electrons. The van der Waals surface area contributed by atoms with Crippen LogP contribution in [-0.2, 0) is 4.79 Å². The van der Waals surface area contributed by atoms with E-state index < -0.39 is 24.7 Å². The van der Waals surface area contributed by atoms with Crippen molar-refractivity contribution in [3.63, 3.8) is 0 Å². The first-order chi connectivity index (χ1) is 6.93. The van der Waals surface area contributed by atoms with Gasteiger partial charge in [0.25, 0.3) is 0 Å². The fraction of sp³-hybridized carbons (Fsp3) is 0.444. The number of thiophene rings is 1. The summed E-state index contributed by atoms with van der Waals surface area (Å²) in [5.74, 6) is -2.56. The number of hydrogen-bond donors (Lipinski definition) is 1. The minimum atomic E-state index is -2.71. The number of carbonyl (C=O) groups is 1. The summed E-state index contributed by atoms with van der Waals surface area (Å²) in [5, 5.41) is 10.4. The van der Waals surface area contributed by atoms with Crippen LogP contribution >= 0.6 is 22.9 Å². The van der Waals surface area contributed by atoms with Gasteiger partial charge < -0.3 is 5.11 Å². The maximum Gasteiger partial charge on any atom is 0.304 e. The summed E-state index contributed by atoms with van der Waals surface area (Å²) in [6.07, 6.45) is -3.31. The van der Waals surface area contributed by atoms with E-state index in [9.17, 15) is 13.6 Å². The van der Waals surface area contributed by atoms with Crippen LogP contribution in [0.1, 0.15) is 22.8 Å². The Morgan fingerprint density at radius 3 is 2.60 bits per heavy atom. The number of halogens is 3. The van der Waals surface area contributed by atoms with E-state index in [0.29, 0.717) is 5.56 Å². The largest absolute Gasteiger partial charge is 0.481 e. The number of hydrogen-bond acceptors (Lipinski definition) is 2. The SMILES string of the molecule is Cc1csc(C(CC(=O)O)C(F)F)c1Cl. The number of carboxylic acid groups (broad SMARTS) is 1. The molecule has 0 aliphatic heterocycles. The highest BCUT2D eigenvalue weighted by atomic mass is 35.5. The van der Waals surface area contributed by atoms with E-state index in [-0.39, 0.29) is 9.90 Å². The average molecular weight is 255 g/mol. The van der Waals surface area contributed by atoms with Gasteiger partial charge in [0.15, 0.2) is 0 Å². The third kappa shape index (κ3) is 2.89. The highest BCUT2D eigenvalue weighted by Gasteiger charge is 2.29. The van der Waals surface area contributed by atoms with Crippen molar-refractivity contribution in [2.75, 3.05) is 0 Å². The van der Waals surface area contributed by atoms with Crippen molar-refractivity contribution in [2.24, 2.45) is 0 Å². The smallest absolute Gasteiger partial charge is 0.304 e. The first-order valence-corrected chi connectivity index (χ1v) is 5.42. The van der Waals surface area contributed by atoms with Gasteiger partial charge in [0.2, 0.25) is 6.43 Å². The molecule has 0 spiro atoms. The fourth-order valence-electron chi connectivity index (χ4n) is 1.18. The molecule has 1 aromatic rings. The molecular weight excluding hydrogens is 246 g/mol. The zero-order valence-corrected chi connectivity index (χ0v) is 9.41. The Balaban J connectivity index is 2.99. The Hall–Kier alpha value is -0.680. The first kappa shape index (κ1) is 12.4. The molecular formula is C9H9ClF2O2S. The zero-order valence-electron chi connectivity index (χ0n) is 7.84. The first-order valence-electron chi connectivity index (χ1n) is 4.17. The Bertz CT molecular complexity index is 365. The van der Waals surface area contributed by atoms with Gasteiger partial charge in [-0.25, -0.2) is 8.78 Å². The van der Waals surface area contributed by atoms with E-state index in [1.807, 2.05) is 0 Å². The van der Waals surface area contributed by atoms with Crippen LogP contribution in [0.4, 0.5) is 8.78 Å². The van der Waals surface area contributed by atoms with Crippen LogP contribution in [0.3, 0.4) is 0 Å². The molecule has 0 bridgehead atoms. The summed E-state index contributed by atoms with van der Waals surface area (Å²) < 4.78 is 25.2. The van der Waals surface area contributed by atoms with Crippen molar-refractivity contribution < 1.29 is 18.7 Å². The second kappa shape index (κ2) is 4.90. The number of alkyl halides is 2. The van der Waals surface area contributed by atoms with Crippen LogP contribution < -0.4 is 0 Å². The van der Waals surface area contributed by atoms with Crippen LogP contribution in [0, 0.1) is 6.92 Å². The lowest BCUT2D eigenvalue weighted by Gasteiger charge is -2.12. The summed E-state index contributed by atoms with van der Waals surface area (Å²) in [5.41, 5.74) is 0.702. The number of aliphatic carboxylic acids is 1. The van der Waals surface area contributed by atoms with Crippen LogP contribution in [0.2, 0.25) is 5.02 Å². The molecule has 0 aromatic carbocycles. The maximum atomic E-state index is 12.6. The summed E-state index contributed by atoms with van der Waals surface area (Å²) >= 11 is 6.89. The molecule has 6 heteroatoms. The lowest BCUT2D eigenvalue weighted by Crippen LogP contribution is -2.13. The Morgan fingerprint density at radius 1 is 1.67 bits per heavy atom. The lowest BCUT2D eigenvalue weighted by atomic mass is 10.0. The topological polar surface area (TPSA) is 37.3 Å². The third-order valence-corrected chi connectivity index (χ3v) is 3.81. The van der Waals surface area contributed by atoms with Gasteiger partial charge in [-0.2, -0.15) is 0 Å². The van der Waals surface area contributed by atoms with Gasteiger partial charge in [-0.15, -0.1) is 11.3 Å². The van der Waals surface area contributed by atoms with E-state index in [4.69, 9.17) is 16.7 Å². The predicted octanol–water partition coefficient (Wildman–Crippen LogP) is 3.53. The van der Waals surface area contributed by atoms with Crippen LogP contribution in [-0.4, -0.2) is 17.5 Å². The van der Waals surface area contributed by atoms with E-state index >= 15 is 0 Å². The van der Waals surface area contributed by atoms with Gasteiger partial charge in [-0.1, -0.05) is 11.6 Å². The molecule has 84 valence electrons. The highest BCUT2D eigenvalue weighted by Crippen LogP contribution is 2.38. The normalized spacial score (nSPS) is 13.1. The molecule has 1 atom stereocenters. The molecule has 0 aliphatic rings. The van der Waals surface area contributed by atoms with Gasteiger partial charge in [-0.3, -0.25) is 4.79 Å². The molecule has 1 aromatic heterocycles. The molecule has 1 N–H and O–H groups in total. The van der Waals surface area contributed by atoms with Gasteiger partial charge in [0.1, 0.15) is 0 Å². The van der Waals surface area contributed by atoms with Crippen molar-refractivity contribution in [3.05, 3.63) is 20.8 Å². The summed E-state index contributed by atoms with van der Waals surface area (Å²) in [6.45, 7) is 1.70. The molecule has 1 heterocycles. The molecule has 1 unspecified atom stereocenters. The van der Waals surface area contributed by atoms with Gasteiger partial charge >= 0.3 is 5.97 Å². The van der Waals surface area contributed by atoms with Gasteiger partial charge in [0.05, 0.1) is 17.4 Å². The van der Waals surface area contributed by atoms with Crippen LogP contribution in [0.25, 0.3) is 0 Å². The summed E-state index contributed by atoms with van der Waals surface area (Å²) in [7, 11) is 0.